The quantitative estimate of drug-likeness (QED) is 0.738. The van der Waals surface area contributed by atoms with Crippen LogP contribution in [0.1, 0.15) is 40.0 Å². The molecule has 0 bridgehead atoms. The minimum Gasteiger partial charge on any atom is -0.495 e. The Bertz CT molecular complexity index is 656. The van der Waals surface area contributed by atoms with Crippen LogP contribution in [0.3, 0.4) is 0 Å². The van der Waals surface area contributed by atoms with Gasteiger partial charge in [-0.1, -0.05) is 19.1 Å². The number of hydrogen-bond acceptors (Lipinski definition) is 4. The highest BCUT2D eigenvalue weighted by Gasteiger charge is 2.22. The van der Waals surface area contributed by atoms with E-state index < -0.39 is 10.0 Å². The van der Waals surface area contributed by atoms with Gasteiger partial charge in [0.15, 0.2) is 0 Å². The topological polar surface area (TPSA) is 75.7 Å². The van der Waals surface area contributed by atoms with Gasteiger partial charge >= 0.3 is 0 Å². The van der Waals surface area contributed by atoms with Crippen molar-refractivity contribution in [3.63, 3.8) is 0 Å². The first kappa shape index (κ1) is 20.3. The van der Waals surface area contributed by atoms with E-state index in [4.69, 9.17) is 4.74 Å². The van der Waals surface area contributed by atoms with Crippen LogP contribution in [0.5, 0.6) is 5.75 Å². The lowest BCUT2D eigenvalue weighted by molar-refractivity contribution is -0.122. The maximum atomic E-state index is 12.1. The Morgan fingerprint density at radius 1 is 1.29 bits per heavy atom. The number of benzene rings is 1. The maximum Gasteiger partial charge on any atom is 0.232 e. The molecule has 1 aromatic carbocycles. The summed E-state index contributed by atoms with van der Waals surface area (Å²) in [6.07, 6.45) is 2.68. The molecular weight excluding hydrogens is 328 g/mol. The van der Waals surface area contributed by atoms with Crippen molar-refractivity contribution < 1.29 is 17.9 Å². The van der Waals surface area contributed by atoms with Crippen LogP contribution in [-0.2, 0) is 14.8 Å². The minimum absolute atomic E-state index is 0.0738. The monoisotopic (exact) mass is 356 g/mol. The molecule has 1 rings (SSSR count). The highest BCUT2D eigenvalue weighted by atomic mass is 32.2. The van der Waals surface area contributed by atoms with Crippen LogP contribution in [0, 0.1) is 0 Å². The number of anilines is 1. The Morgan fingerprint density at radius 2 is 1.92 bits per heavy atom. The summed E-state index contributed by atoms with van der Waals surface area (Å²) >= 11 is 0. The number of carbonyl (C=O) groups excluding carboxylic acids is 1. The first-order valence-corrected chi connectivity index (χ1v) is 9.87. The normalized spacial score (nSPS) is 11.9. The number of para-hydroxylation sites is 2. The van der Waals surface area contributed by atoms with Crippen molar-refractivity contribution in [2.24, 2.45) is 0 Å². The predicted molar refractivity (Wildman–Crippen MR) is 96.9 cm³/mol. The number of ether oxygens (including phenoxy) is 1. The molecule has 1 aromatic rings. The van der Waals surface area contributed by atoms with Crippen LogP contribution >= 0.6 is 0 Å². The third-order valence-corrected chi connectivity index (χ3v) is 5.06. The second-order valence-electron chi connectivity index (χ2n) is 6.40. The molecule has 1 N–H and O–H groups in total. The van der Waals surface area contributed by atoms with Gasteiger partial charge in [0.25, 0.3) is 0 Å². The summed E-state index contributed by atoms with van der Waals surface area (Å²) in [5.41, 5.74) is 0.229. The lowest BCUT2D eigenvalue weighted by atomic mass is 10.0. The van der Waals surface area contributed by atoms with E-state index in [0.29, 0.717) is 17.9 Å². The van der Waals surface area contributed by atoms with Gasteiger partial charge in [0.05, 0.1) is 19.1 Å². The van der Waals surface area contributed by atoms with Crippen molar-refractivity contribution in [3.05, 3.63) is 24.3 Å². The number of sulfonamides is 1. The fourth-order valence-electron chi connectivity index (χ4n) is 2.21. The molecule has 0 radical (unpaired) electrons. The van der Waals surface area contributed by atoms with Crippen molar-refractivity contribution in [2.45, 2.75) is 45.6 Å². The highest BCUT2D eigenvalue weighted by Crippen LogP contribution is 2.29. The molecule has 0 saturated heterocycles. The molecule has 0 heterocycles. The average molecular weight is 356 g/mol. The van der Waals surface area contributed by atoms with Crippen molar-refractivity contribution in [2.75, 3.05) is 24.2 Å². The molecule has 7 heteroatoms. The van der Waals surface area contributed by atoms with Crippen molar-refractivity contribution in [1.82, 2.24) is 5.32 Å². The summed E-state index contributed by atoms with van der Waals surface area (Å²) in [5, 5.41) is 2.95. The molecule has 0 aliphatic rings. The van der Waals surface area contributed by atoms with Crippen LogP contribution in [-0.4, -0.2) is 39.8 Å². The zero-order valence-electron chi connectivity index (χ0n) is 15.1. The molecule has 136 valence electrons. The Hall–Kier alpha value is -1.76. The van der Waals surface area contributed by atoms with E-state index in [1.165, 1.54) is 11.4 Å². The van der Waals surface area contributed by atoms with E-state index in [1.54, 1.807) is 24.3 Å². The Labute approximate surface area is 145 Å². The molecule has 0 spiro atoms. The predicted octanol–water partition coefficient (Wildman–Crippen LogP) is 2.55. The largest absolute Gasteiger partial charge is 0.495 e. The van der Waals surface area contributed by atoms with E-state index in [0.717, 1.165) is 12.7 Å². The summed E-state index contributed by atoms with van der Waals surface area (Å²) in [5.74, 6) is 0.412. The van der Waals surface area contributed by atoms with Gasteiger partial charge in [-0.05, 0) is 38.8 Å². The molecule has 0 saturated carbocycles. The van der Waals surface area contributed by atoms with Gasteiger partial charge in [0.2, 0.25) is 15.9 Å². The molecule has 0 aliphatic carbocycles. The van der Waals surface area contributed by atoms with Gasteiger partial charge < -0.3 is 10.1 Å². The van der Waals surface area contributed by atoms with Gasteiger partial charge in [0.1, 0.15) is 5.75 Å². The molecule has 6 nitrogen and oxygen atoms in total. The van der Waals surface area contributed by atoms with Gasteiger partial charge in [-0.25, -0.2) is 8.42 Å². The van der Waals surface area contributed by atoms with Crippen molar-refractivity contribution >= 4 is 21.6 Å². The second kappa shape index (κ2) is 8.37. The number of hydrogen-bond donors (Lipinski definition) is 1. The fourth-order valence-corrected chi connectivity index (χ4v) is 3.18. The van der Waals surface area contributed by atoms with Crippen LogP contribution in [0.4, 0.5) is 5.69 Å². The molecule has 0 unspecified atom stereocenters. The van der Waals surface area contributed by atoms with Gasteiger partial charge in [-0.2, -0.15) is 0 Å². The average Bonchev–Trinajstić information content (AvgIpc) is 2.50. The lowest BCUT2D eigenvalue weighted by Crippen LogP contribution is -2.43. The summed E-state index contributed by atoms with van der Waals surface area (Å²) in [7, 11) is -1.97. The summed E-state index contributed by atoms with van der Waals surface area (Å²) in [4.78, 5) is 12.0. The molecule has 0 aliphatic heterocycles. The van der Waals surface area contributed by atoms with Crippen molar-refractivity contribution in [3.8, 4) is 5.75 Å². The SMILES string of the molecule is CCC(C)(C)NC(=O)CCCN(c1ccccc1OC)S(C)(=O)=O. The molecular formula is C17H28N2O4S. The first-order chi connectivity index (χ1) is 11.1. The highest BCUT2D eigenvalue weighted by molar-refractivity contribution is 7.92. The lowest BCUT2D eigenvalue weighted by Gasteiger charge is -2.26. The minimum atomic E-state index is -3.47. The van der Waals surface area contributed by atoms with Crippen LogP contribution in [0.25, 0.3) is 0 Å². The Balaban J connectivity index is 2.78. The number of nitrogens with one attached hydrogen (secondary N) is 1. The van der Waals surface area contributed by atoms with Gasteiger partial charge in [-0.15, -0.1) is 0 Å². The standard InChI is InChI=1S/C17H28N2O4S/c1-6-17(2,3)18-16(20)12-9-13-19(24(5,21)22)14-10-7-8-11-15(14)23-4/h7-8,10-11H,6,9,12-13H2,1-5H3,(H,18,20). The number of nitrogens with zero attached hydrogens (tertiary/aromatic N) is 1. The van der Waals surface area contributed by atoms with E-state index in [2.05, 4.69) is 5.32 Å². The number of carbonyl (C=O) groups is 1. The van der Waals surface area contributed by atoms with Crippen LogP contribution < -0.4 is 14.4 Å². The maximum absolute atomic E-state index is 12.1. The van der Waals surface area contributed by atoms with Gasteiger partial charge in [-0.3, -0.25) is 9.10 Å². The third kappa shape index (κ3) is 6.03. The van der Waals surface area contributed by atoms with Gasteiger partial charge in [0, 0.05) is 18.5 Å². The first-order valence-electron chi connectivity index (χ1n) is 8.02. The zero-order valence-corrected chi connectivity index (χ0v) is 15.9. The van der Waals surface area contributed by atoms with Crippen molar-refractivity contribution in [1.29, 1.82) is 0 Å². The molecule has 1 amide bonds. The smallest absolute Gasteiger partial charge is 0.232 e. The third-order valence-electron chi connectivity index (χ3n) is 3.88. The number of amides is 1. The van der Waals surface area contributed by atoms with E-state index in [1.807, 2.05) is 20.8 Å². The molecule has 0 fully saturated rings. The van der Waals surface area contributed by atoms with E-state index >= 15 is 0 Å². The summed E-state index contributed by atoms with van der Waals surface area (Å²) in [6.45, 7) is 6.15. The van der Waals surface area contributed by atoms with E-state index in [-0.39, 0.29) is 24.4 Å². The Morgan fingerprint density at radius 3 is 2.46 bits per heavy atom. The molecule has 0 atom stereocenters. The second-order valence-corrected chi connectivity index (χ2v) is 8.30. The van der Waals surface area contributed by atoms with E-state index in [9.17, 15) is 13.2 Å². The van der Waals surface area contributed by atoms with Crippen LogP contribution in [0.15, 0.2) is 24.3 Å². The molecule has 24 heavy (non-hydrogen) atoms. The zero-order chi connectivity index (χ0) is 18.4. The number of rotatable bonds is 9. The number of methoxy groups -OCH3 is 1. The summed E-state index contributed by atoms with van der Waals surface area (Å²) in [6, 6.07) is 6.94. The fraction of sp³-hybridized carbons (Fsp3) is 0.588. The van der Waals surface area contributed by atoms with Crippen LogP contribution in [0.2, 0.25) is 0 Å². The molecule has 0 aromatic heterocycles. The Kier molecular flexibility index (Phi) is 7.08. The summed E-state index contributed by atoms with van der Waals surface area (Å²) < 4.78 is 30.8.